The molecule has 1 aliphatic rings. The van der Waals surface area contributed by atoms with Gasteiger partial charge in [0, 0.05) is 23.6 Å². The Morgan fingerprint density at radius 1 is 1.07 bits per heavy atom. The fourth-order valence-corrected chi connectivity index (χ4v) is 3.06. The first-order valence-electron chi connectivity index (χ1n) is 9.31. The molecule has 6 nitrogen and oxygen atoms in total. The monoisotopic (exact) mass is 402 g/mol. The second-order valence-electron chi connectivity index (χ2n) is 6.47. The van der Waals surface area contributed by atoms with E-state index in [2.05, 4.69) is 10.6 Å². The van der Waals surface area contributed by atoms with Crippen molar-refractivity contribution in [2.24, 2.45) is 0 Å². The number of anilines is 1. The van der Waals surface area contributed by atoms with E-state index < -0.39 is 0 Å². The summed E-state index contributed by atoms with van der Waals surface area (Å²) in [5.41, 5.74) is 1.93. The minimum atomic E-state index is -0.0357. The van der Waals surface area contributed by atoms with Crippen LogP contribution in [-0.4, -0.2) is 31.6 Å². The number of halogens is 1. The lowest BCUT2D eigenvalue weighted by molar-refractivity contribution is -0.121. The molecule has 0 saturated carbocycles. The van der Waals surface area contributed by atoms with E-state index in [1.807, 2.05) is 30.3 Å². The van der Waals surface area contributed by atoms with Crippen LogP contribution in [0.5, 0.6) is 11.5 Å². The molecule has 0 unspecified atom stereocenters. The van der Waals surface area contributed by atoms with Crippen molar-refractivity contribution in [1.29, 1.82) is 0 Å². The summed E-state index contributed by atoms with van der Waals surface area (Å²) in [7, 11) is 0. The van der Waals surface area contributed by atoms with Gasteiger partial charge in [0.15, 0.2) is 0 Å². The number of fused-ring (bicyclic) bond motifs is 1. The van der Waals surface area contributed by atoms with Gasteiger partial charge in [0.25, 0.3) is 0 Å². The average molecular weight is 403 g/mol. The lowest BCUT2D eigenvalue weighted by Gasteiger charge is -2.17. The first-order chi connectivity index (χ1) is 13.6. The molecule has 0 aromatic heterocycles. The maximum absolute atomic E-state index is 11.9. The van der Waals surface area contributed by atoms with Crippen molar-refractivity contribution in [3.63, 3.8) is 0 Å². The van der Waals surface area contributed by atoms with Crippen LogP contribution in [0.2, 0.25) is 5.02 Å². The average Bonchev–Trinajstić information content (AvgIpc) is 2.69. The summed E-state index contributed by atoms with van der Waals surface area (Å²) in [6, 6.07) is 12.8. The number of nitrogens with one attached hydrogen (secondary N) is 2. The summed E-state index contributed by atoms with van der Waals surface area (Å²) in [5, 5.41) is 6.28. The first-order valence-corrected chi connectivity index (χ1v) is 9.68. The lowest BCUT2D eigenvalue weighted by Crippen LogP contribution is -2.28. The Balaban J connectivity index is 1.29. The molecule has 2 aromatic carbocycles. The molecular weight excluding hydrogens is 380 g/mol. The second-order valence-corrected chi connectivity index (χ2v) is 6.91. The van der Waals surface area contributed by atoms with Crippen molar-refractivity contribution in [2.75, 3.05) is 25.1 Å². The normalized spacial score (nSPS) is 12.7. The molecule has 0 bridgehead atoms. The van der Waals surface area contributed by atoms with Crippen LogP contribution in [-0.2, 0) is 16.0 Å². The molecule has 0 saturated heterocycles. The summed E-state index contributed by atoms with van der Waals surface area (Å²) >= 11 is 5.89. The smallest absolute Gasteiger partial charge is 0.224 e. The highest BCUT2D eigenvalue weighted by molar-refractivity contribution is 6.30. The number of ether oxygens (including phenoxy) is 2. The van der Waals surface area contributed by atoms with Gasteiger partial charge in [-0.2, -0.15) is 0 Å². The first kappa shape index (κ1) is 20.0. The summed E-state index contributed by atoms with van der Waals surface area (Å²) in [6.45, 7) is 1.27. The standard InChI is InChI=1S/C21H23ClN2O4/c22-16-3-1-4-17(14-16)28-12-10-23-20(25)5-2-11-27-18-7-8-19-15(13-18)6-9-21(26)24-19/h1,3-4,7-8,13-14H,2,5-6,9-12H2,(H,23,25)(H,24,26). The fraction of sp³-hybridized carbons (Fsp3) is 0.333. The second kappa shape index (κ2) is 9.99. The van der Waals surface area contributed by atoms with E-state index >= 15 is 0 Å². The predicted octanol–water partition coefficient (Wildman–Crippen LogP) is 3.58. The van der Waals surface area contributed by atoms with Crippen LogP contribution in [0, 0.1) is 0 Å². The van der Waals surface area contributed by atoms with Crippen molar-refractivity contribution in [3.05, 3.63) is 53.1 Å². The van der Waals surface area contributed by atoms with Crippen molar-refractivity contribution in [2.45, 2.75) is 25.7 Å². The molecule has 2 aromatic rings. The highest BCUT2D eigenvalue weighted by atomic mass is 35.5. The number of hydrogen-bond donors (Lipinski definition) is 2. The van der Waals surface area contributed by atoms with Crippen molar-refractivity contribution in [3.8, 4) is 11.5 Å². The van der Waals surface area contributed by atoms with E-state index in [-0.39, 0.29) is 11.8 Å². The quantitative estimate of drug-likeness (QED) is 0.628. The zero-order valence-corrected chi connectivity index (χ0v) is 16.3. The third-order valence-electron chi connectivity index (χ3n) is 4.28. The molecule has 0 spiro atoms. The van der Waals surface area contributed by atoms with Gasteiger partial charge in [-0.25, -0.2) is 0 Å². The van der Waals surface area contributed by atoms with Gasteiger partial charge in [-0.3, -0.25) is 9.59 Å². The Hall–Kier alpha value is -2.73. The minimum absolute atomic E-state index is 0.0357. The summed E-state index contributed by atoms with van der Waals surface area (Å²) in [5.74, 6) is 1.45. The lowest BCUT2D eigenvalue weighted by atomic mass is 10.0. The Bertz CT molecular complexity index is 841. The Morgan fingerprint density at radius 2 is 1.89 bits per heavy atom. The summed E-state index contributed by atoms with van der Waals surface area (Å²) in [4.78, 5) is 23.2. The van der Waals surface area contributed by atoms with Gasteiger partial charge < -0.3 is 20.1 Å². The topological polar surface area (TPSA) is 76.7 Å². The summed E-state index contributed by atoms with van der Waals surface area (Å²) in [6.07, 6.45) is 2.22. The van der Waals surface area contributed by atoms with Crippen molar-refractivity contribution in [1.82, 2.24) is 5.32 Å². The van der Waals surface area contributed by atoms with Gasteiger partial charge in [-0.1, -0.05) is 17.7 Å². The molecule has 0 aliphatic carbocycles. The third kappa shape index (κ3) is 6.16. The van der Waals surface area contributed by atoms with E-state index in [1.54, 1.807) is 12.1 Å². The molecule has 0 atom stereocenters. The van der Waals surface area contributed by atoms with E-state index in [4.69, 9.17) is 21.1 Å². The van der Waals surface area contributed by atoms with E-state index in [0.717, 1.165) is 23.4 Å². The van der Waals surface area contributed by atoms with Crippen LogP contribution >= 0.6 is 11.6 Å². The SMILES string of the molecule is O=C(CCCOc1ccc2c(c1)CCC(=O)N2)NCCOc1cccc(Cl)c1. The number of amides is 2. The molecule has 2 amide bonds. The Morgan fingerprint density at radius 3 is 2.75 bits per heavy atom. The zero-order valence-electron chi connectivity index (χ0n) is 15.5. The van der Waals surface area contributed by atoms with Crippen molar-refractivity contribution >= 4 is 29.1 Å². The van der Waals surface area contributed by atoms with Crippen LogP contribution in [0.3, 0.4) is 0 Å². The minimum Gasteiger partial charge on any atom is -0.494 e. The fourth-order valence-electron chi connectivity index (χ4n) is 2.88. The van der Waals surface area contributed by atoms with Gasteiger partial charge in [-0.05, 0) is 54.8 Å². The van der Waals surface area contributed by atoms with Crippen LogP contribution in [0.25, 0.3) is 0 Å². The van der Waals surface area contributed by atoms with Gasteiger partial charge in [0.1, 0.15) is 18.1 Å². The number of aryl methyl sites for hydroxylation is 1. The van der Waals surface area contributed by atoms with Crippen LogP contribution < -0.4 is 20.1 Å². The molecule has 1 aliphatic heterocycles. The third-order valence-corrected chi connectivity index (χ3v) is 4.51. The van der Waals surface area contributed by atoms with Gasteiger partial charge in [0.05, 0.1) is 13.2 Å². The molecule has 2 N–H and O–H groups in total. The summed E-state index contributed by atoms with van der Waals surface area (Å²) < 4.78 is 11.2. The van der Waals surface area contributed by atoms with E-state index in [9.17, 15) is 9.59 Å². The van der Waals surface area contributed by atoms with E-state index in [1.165, 1.54) is 0 Å². The van der Waals surface area contributed by atoms with Gasteiger partial charge in [-0.15, -0.1) is 0 Å². The number of rotatable bonds is 9. The molecule has 148 valence electrons. The highest BCUT2D eigenvalue weighted by Crippen LogP contribution is 2.26. The molecule has 3 rings (SSSR count). The number of hydrogen-bond acceptors (Lipinski definition) is 4. The Kier molecular flexibility index (Phi) is 7.14. The van der Waals surface area contributed by atoms with Gasteiger partial charge >= 0.3 is 0 Å². The maximum Gasteiger partial charge on any atom is 0.224 e. The number of carbonyl (C=O) groups excluding carboxylic acids is 2. The molecular formula is C21H23ClN2O4. The molecule has 1 heterocycles. The largest absolute Gasteiger partial charge is 0.494 e. The predicted molar refractivity (Wildman–Crippen MR) is 108 cm³/mol. The van der Waals surface area contributed by atoms with Crippen LogP contribution in [0.1, 0.15) is 24.8 Å². The molecule has 28 heavy (non-hydrogen) atoms. The zero-order chi connectivity index (χ0) is 19.8. The van der Waals surface area contributed by atoms with Crippen LogP contribution in [0.4, 0.5) is 5.69 Å². The molecule has 0 radical (unpaired) electrons. The van der Waals surface area contributed by atoms with E-state index in [0.29, 0.717) is 49.8 Å². The van der Waals surface area contributed by atoms with Gasteiger partial charge in [0.2, 0.25) is 11.8 Å². The van der Waals surface area contributed by atoms with Crippen molar-refractivity contribution < 1.29 is 19.1 Å². The number of benzene rings is 2. The molecule has 0 fully saturated rings. The highest BCUT2D eigenvalue weighted by Gasteiger charge is 2.15. The Labute approximate surface area is 169 Å². The van der Waals surface area contributed by atoms with Crippen LogP contribution in [0.15, 0.2) is 42.5 Å². The number of carbonyl (C=O) groups is 2. The maximum atomic E-state index is 11.9. The molecule has 7 heteroatoms.